The molecular formula is C11H14BN. The van der Waals surface area contributed by atoms with Crippen molar-refractivity contribution < 1.29 is 0 Å². The molecule has 0 saturated carbocycles. The average molecular weight is 171 g/mol. The third kappa shape index (κ3) is 1.34. The molecule has 1 aliphatic rings. The van der Waals surface area contributed by atoms with Crippen LogP contribution in [-0.2, 0) is 6.42 Å². The van der Waals surface area contributed by atoms with E-state index in [0.29, 0.717) is 6.04 Å². The van der Waals surface area contributed by atoms with Crippen LogP contribution < -0.4 is 10.4 Å². The van der Waals surface area contributed by atoms with E-state index in [0.717, 1.165) is 18.4 Å². The number of anilines is 1. The highest BCUT2D eigenvalue weighted by Crippen LogP contribution is 2.26. The highest BCUT2D eigenvalue weighted by atomic mass is 15.2. The zero-order chi connectivity index (χ0) is 9.42. The standard InChI is InChI=1S/C11H14BN/c1-8(2)13-7-6-9-4-3-5-10(12)11(9)13/h3-5,8H,6-7H2,1-2H3. The Hall–Kier alpha value is -0.915. The maximum atomic E-state index is 5.96. The zero-order valence-corrected chi connectivity index (χ0v) is 8.25. The summed E-state index contributed by atoms with van der Waals surface area (Å²) >= 11 is 0. The summed E-state index contributed by atoms with van der Waals surface area (Å²) in [5, 5.41) is 0. The van der Waals surface area contributed by atoms with Crippen LogP contribution in [-0.4, -0.2) is 20.4 Å². The molecule has 13 heavy (non-hydrogen) atoms. The molecule has 66 valence electrons. The van der Waals surface area contributed by atoms with E-state index in [1.165, 1.54) is 11.3 Å². The van der Waals surface area contributed by atoms with Gasteiger partial charge in [-0.3, -0.25) is 0 Å². The molecule has 1 aromatic rings. The highest BCUT2D eigenvalue weighted by Gasteiger charge is 2.21. The summed E-state index contributed by atoms with van der Waals surface area (Å²) in [6.45, 7) is 5.53. The summed E-state index contributed by atoms with van der Waals surface area (Å²) in [5.41, 5.74) is 3.58. The van der Waals surface area contributed by atoms with E-state index in [1.807, 2.05) is 12.1 Å². The van der Waals surface area contributed by atoms with Crippen molar-refractivity contribution in [3.05, 3.63) is 23.8 Å². The first-order valence-electron chi connectivity index (χ1n) is 4.84. The second-order valence-electron chi connectivity index (χ2n) is 3.89. The Morgan fingerprint density at radius 3 is 2.85 bits per heavy atom. The van der Waals surface area contributed by atoms with Crippen LogP contribution in [0.1, 0.15) is 19.4 Å². The summed E-state index contributed by atoms with van der Waals surface area (Å²) in [6, 6.07) is 6.75. The molecular weight excluding hydrogens is 157 g/mol. The molecule has 0 spiro atoms. The molecule has 2 rings (SSSR count). The largest absolute Gasteiger partial charge is 0.369 e. The van der Waals surface area contributed by atoms with Crippen molar-refractivity contribution >= 4 is 19.0 Å². The van der Waals surface area contributed by atoms with Gasteiger partial charge in [0.15, 0.2) is 0 Å². The van der Waals surface area contributed by atoms with Crippen LogP contribution in [0.2, 0.25) is 0 Å². The Morgan fingerprint density at radius 2 is 2.15 bits per heavy atom. The lowest BCUT2D eigenvalue weighted by atomic mass is 9.91. The third-order valence-corrected chi connectivity index (χ3v) is 2.68. The van der Waals surface area contributed by atoms with Crippen molar-refractivity contribution in [2.75, 3.05) is 11.4 Å². The average Bonchev–Trinajstić information content (AvgIpc) is 2.49. The van der Waals surface area contributed by atoms with Crippen molar-refractivity contribution in [2.24, 2.45) is 0 Å². The molecule has 1 aliphatic heterocycles. The number of hydrogen-bond donors (Lipinski definition) is 0. The van der Waals surface area contributed by atoms with Gasteiger partial charge in [-0.25, -0.2) is 0 Å². The molecule has 1 heterocycles. The Labute approximate surface area is 81.2 Å². The summed E-state index contributed by atoms with van der Waals surface area (Å²) in [7, 11) is 5.96. The first-order chi connectivity index (χ1) is 6.20. The molecule has 1 aromatic carbocycles. The normalized spacial score (nSPS) is 15.2. The molecule has 0 fully saturated rings. The Kier molecular flexibility index (Phi) is 2.07. The van der Waals surface area contributed by atoms with Crippen molar-refractivity contribution in [2.45, 2.75) is 26.3 Å². The van der Waals surface area contributed by atoms with E-state index < -0.39 is 0 Å². The molecule has 0 aliphatic carbocycles. The van der Waals surface area contributed by atoms with Crippen LogP contribution >= 0.6 is 0 Å². The first kappa shape index (κ1) is 8.67. The quantitative estimate of drug-likeness (QED) is 0.575. The first-order valence-corrected chi connectivity index (χ1v) is 4.84. The summed E-state index contributed by atoms with van der Waals surface area (Å²) in [6.07, 6.45) is 1.14. The van der Waals surface area contributed by atoms with Crippen molar-refractivity contribution in [3.63, 3.8) is 0 Å². The fourth-order valence-electron chi connectivity index (χ4n) is 2.03. The molecule has 2 radical (unpaired) electrons. The van der Waals surface area contributed by atoms with Crippen LogP contribution in [0.3, 0.4) is 0 Å². The molecule has 0 atom stereocenters. The minimum atomic E-state index is 0.547. The van der Waals surface area contributed by atoms with Gasteiger partial charge in [-0.05, 0) is 25.8 Å². The Balaban J connectivity index is 2.46. The minimum absolute atomic E-state index is 0.547. The molecule has 0 saturated heterocycles. The van der Waals surface area contributed by atoms with Gasteiger partial charge in [-0.2, -0.15) is 0 Å². The third-order valence-electron chi connectivity index (χ3n) is 2.68. The van der Waals surface area contributed by atoms with E-state index in [9.17, 15) is 0 Å². The highest BCUT2D eigenvalue weighted by molar-refractivity contribution is 6.36. The van der Waals surface area contributed by atoms with Crippen LogP contribution in [0, 0.1) is 0 Å². The molecule has 1 nitrogen and oxygen atoms in total. The van der Waals surface area contributed by atoms with Gasteiger partial charge in [0, 0.05) is 18.3 Å². The van der Waals surface area contributed by atoms with Gasteiger partial charge in [-0.1, -0.05) is 23.7 Å². The van der Waals surface area contributed by atoms with Gasteiger partial charge in [0.1, 0.15) is 7.85 Å². The SMILES string of the molecule is [B]c1cccc2c1N(C(C)C)CC2. The van der Waals surface area contributed by atoms with Gasteiger partial charge < -0.3 is 4.90 Å². The monoisotopic (exact) mass is 171 g/mol. The van der Waals surface area contributed by atoms with Crippen LogP contribution in [0.25, 0.3) is 0 Å². The van der Waals surface area contributed by atoms with E-state index in [4.69, 9.17) is 7.85 Å². The lowest BCUT2D eigenvalue weighted by Crippen LogP contribution is -2.31. The molecule has 0 bridgehead atoms. The zero-order valence-electron chi connectivity index (χ0n) is 8.25. The molecule has 0 N–H and O–H groups in total. The van der Waals surface area contributed by atoms with Gasteiger partial charge in [-0.15, -0.1) is 0 Å². The number of benzene rings is 1. The van der Waals surface area contributed by atoms with Gasteiger partial charge in [0.2, 0.25) is 0 Å². The number of para-hydroxylation sites is 1. The maximum Gasteiger partial charge on any atom is 0.116 e. The van der Waals surface area contributed by atoms with Gasteiger partial charge in [0.25, 0.3) is 0 Å². The van der Waals surface area contributed by atoms with E-state index in [-0.39, 0.29) is 0 Å². The van der Waals surface area contributed by atoms with E-state index >= 15 is 0 Å². The fourth-order valence-corrected chi connectivity index (χ4v) is 2.03. The number of nitrogens with zero attached hydrogens (tertiary/aromatic N) is 1. The smallest absolute Gasteiger partial charge is 0.116 e. The molecule has 0 aromatic heterocycles. The van der Waals surface area contributed by atoms with Crippen LogP contribution in [0.5, 0.6) is 0 Å². The van der Waals surface area contributed by atoms with Crippen LogP contribution in [0.4, 0.5) is 5.69 Å². The van der Waals surface area contributed by atoms with E-state index in [1.54, 1.807) is 0 Å². The predicted molar refractivity (Wildman–Crippen MR) is 58.0 cm³/mol. The Bertz CT molecular complexity index is 320. The molecule has 2 heteroatoms. The second-order valence-corrected chi connectivity index (χ2v) is 3.89. The van der Waals surface area contributed by atoms with Crippen molar-refractivity contribution in [1.29, 1.82) is 0 Å². The number of fused-ring (bicyclic) bond motifs is 1. The fraction of sp³-hybridized carbons (Fsp3) is 0.455. The predicted octanol–water partition coefficient (Wildman–Crippen LogP) is 1.25. The lowest BCUT2D eigenvalue weighted by Gasteiger charge is -2.25. The van der Waals surface area contributed by atoms with Crippen LogP contribution in [0.15, 0.2) is 18.2 Å². The topological polar surface area (TPSA) is 3.24 Å². The van der Waals surface area contributed by atoms with Crippen molar-refractivity contribution in [3.8, 4) is 0 Å². The van der Waals surface area contributed by atoms with E-state index in [2.05, 4.69) is 24.8 Å². The second kappa shape index (κ2) is 3.10. The molecule has 0 amide bonds. The number of hydrogen-bond acceptors (Lipinski definition) is 1. The van der Waals surface area contributed by atoms with Crippen molar-refractivity contribution in [1.82, 2.24) is 0 Å². The van der Waals surface area contributed by atoms with Gasteiger partial charge >= 0.3 is 0 Å². The minimum Gasteiger partial charge on any atom is -0.369 e. The maximum absolute atomic E-state index is 5.96. The summed E-state index contributed by atoms with van der Waals surface area (Å²) in [5.74, 6) is 0. The summed E-state index contributed by atoms with van der Waals surface area (Å²) < 4.78 is 0. The lowest BCUT2D eigenvalue weighted by molar-refractivity contribution is 0.711. The summed E-state index contributed by atoms with van der Waals surface area (Å²) in [4.78, 5) is 2.38. The van der Waals surface area contributed by atoms with Gasteiger partial charge in [0.05, 0.1) is 0 Å². The number of rotatable bonds is 1. The molecule has 0 unspecified atom stereocenters. The Morgan fingerprint density at radius 1 is 1.38 bits per heavy atom.